The zero-order valence-electron chi connectivity index (χ0n) is 9.41. The Morgan fingerprint density at radius 3 is 2.88 bits per heavy atom. The molecule has 0 N–H and O–H groups in total. The second-order valence-corrected chi connectivity index (χ2v) is 4.54. The van der Waals surface area contributed by atoms with Crippen LogP contribution in [0.25, 0.3) is 10.9 Å². The Morgan fingerprint density at radius 1 is 1.12 bits per heavy atom. The van der Waals surface area contributed by atoms with E-state index in [1.807, 2.05) is 6.07 Å². The van der Waals surface area contributed by atoms with Crippen LogP contribution in [0.1, 0.15) is 5.69 Å². The highest BCUT2D eigenvalue weighted by atomic mass is 19.1. The highest BCUT2D eigenvalue weighted by molar-refractivity contribution is 5.81. The van der Waals surface area contributed by atoms with Crippen molar-refractivity contribution in [2.75, 3.05) is 20.1 Å². The van der Waals surface area contributed by atoms with Crippen molar-refractivity contribution in [3.63, 3.8) is 0 Å². The molecule has 84 valence electrons. The van der Waals surface area contributed by atoms with Crippen LogP contribution in [0.3, 0.4) is 0 Å². The molecule has 0 saturated carbocycles. The fourth-order valence-corrected chi connectivity index (χ4v) is 2.46. The number of hydrogen-bond acceptors (Lipinski definition) is 1. The van der Waals surface area contributed by atoms with Gasteiger partial charge in [-0.2, -0.15) is 0 Å². The third-order valence-electron chi connectivity index (χ3n) is 3.40. The summed E-state index contributed by atoms with van der Waals surface area (Å²) in [5, 5.41) is 1.03. The minimum Gasteiger partial charge on any atom is -0.343 e. The quantitative estimate of drug-likeness (QED) is 0.658. The zero-order chi connectivity index (χ0) is 11.1. The van der Waals surface area contributed by atoms with Crippen molar-refractivity contribution in [2.24, 2.45) is 0 Å². The van der Waals surface area contributed by atoms with Crippen molar-refractivity contribution in [2.45, 2.75) is 13.0 Å². The van der Waals surface area contributed by atoms with E-state index in [-0.39, 0.29) is 5.82 Å². The monoisotopic (exact) mass is 218 g/mol. The summed E-state index contributed by atoms with van der Waals surface area (Å²) < 4.78 is 15.4. The summed E-state index contributed by atoms with van der Waals surface area (Å²) in [4.78, 5) is 2.34. The number of hydrogen-bond donors (Lipinski definition) is 0. The summed E-state index contributed by atoms with van der Waals surface area (Å²) in [5.41, 5.74) is 2.48. The first kappa shape index (κ1) is 9.85. The van der Waals surface area contributed by atoms with Crippen molar-refractivity contribution in [1.29, 1.82) is 0 Å². The molecule has 3 heteroatoms. The van der Waals surface area contributed by atoms with Crippen LogP contribution in [0.4, 0.5) is 4.39 Å². The lowest BCUT2D eigenvalue weighted by molar-refractivity contribution is 0.343. The van der Waals surface area contributed by atoms with Crippen molar-refractivity contribution in [3.8, 4) is 0 Å². The Bertz CT molecular complexity index is 530. The van der Waals surface area contributed by atoms with Gasteiger partial charge in [-0.15, -0.1) is 0 Å². The summed E-state index contributed by atoms with van der Waals surface area (Å²) >= 11 is 0. The maximum Gasteiger partial charge on any atom is 0.123 e. The van der Waals surface area contributed by atoms with Crippen LogP contribution >= 0.6 is 0 Å². The van der Waals surface area contributed by atoms with Crippen molar-refractivity contribution >= 4 is 10.9 Å². The molecular weight excluding hydrogens is 203 g/mol. The van der Waals surface area contributed by atoms with E-state index in [2.05, 4.69) is 22.6 Å². The van der Waals surface area contributed by atoms with Gasteiger partial charge in [0.1, 0.15) is 5.82 Å². The molecule has 2 aromatic rings. The second-order valence-electron chi connectivity index (χ2n) is 4.54. The van der Waals surface area contributed by atoms with Crippen LogP contribution < -0.4 is 0 Å². The van der Waals surface area contributed by atoms with E-state index in [1.165, 1.54) is 5.69 Å². The molecule has 0 fully saturated rings. The maximum atomic E-state index is 13.1. The van der Waals surface area contributed by atoms with Gasteiger partial charge >= 0.3 is 0 Å². The van der Waals surface area contributed by atoms with E-state index >= 15 is 0 Å². The van der Waals surface area contributed by atoms with Crippen LogP contribution in [0.15, 0.2) is 24.3 Å². The number of halogens is 1. The summed E-state index contributed by atoms with van der Waals surface area (Å²) in [6, 6.07) is 7.18. The Morgan fingerprint density at radius 2 is 2.00 bits per heavy atom. The topological polar surface area (TPSA) is 8.17 Å². The molecule has 0 radical (unpaired) electrons. The van der Waals surface area contributed by atoms with Crippen molar-refractivity contribution in [1.82, 2.24) is 9.47 Å². The molecule has 0 atom stereocenters. The molecular formula is C13H15FN2. The number of likely N-dealkylation sites (N-methyl/N-ethyl adjacent to an activating group) is 1. The Kier molecular flexibility index (Phi) is 2.21. The normalized spacial score (nSPS) is 17.4. The van der Waals surface area contributed by atoms with Crippen LogP contribution in [-0.2, 0) is 13.0 Å². The molecule has 0 aliphatic carbocycles. The minimum atomic E-state index is -0.148. The number of aromatic nitrogens is 1. The number of benzene rings is 1. The third kappa shape index (κ3) is 1.52. The average molecular weight is 218 g/mol. The van der Waals surface area contributed by atoms with Gasteiger partial charge in [-0.05, 0) is 31.3 Å². The molecule has 0 spiro atoms. The summed E-state index contributed by atoms with van der Waals surface area (Å²) in [7, 11) is 2.15. The van der Waals surface area contributed by atoms with Gasteiger partial charge in [0.2, 0.25) is 0 Å². The molecule has 1 aliphatic heterocycles. The average Bonchev–Trinajstić information content (AvgIpc) is 2.50. The third-order valence-corrected chi connectivity index (χ3v) is 3.40. The van der Waals surface area contributed by atoms with Gasteiger partial charge in [-0.25, -0.2) is 4.39 Å². The van der Waals surface area contributed by atoms with Gasteiger partial charge in [0.05, 0.1) is 0 Å². The smallest absolute Gasteiger partial charge is 0.123 e. The van der Waals surface area contributed by atoms with Gasteiger partial charge in [0.25, 0.3) is 0 Å². The van der Waals surface area contributed by atoms with Crippen molar-refractivity contribution < 1.29 is 4.39 Å². The molecule has 3 rings (SSSR count). The molecule has 1 aliphatic rings. The van der Waals surface area contributed by atoms with Crippen LogP contribution in [0, 0.1) is 5.82 Å². The molecule has 0 saturated heterocycles. The lowest BCUT2D eigenvalue weighted by atomic mass is 10.2. The number of fused-ring (bicyclic) bond motifs is 3. The Balaban J connectivity index is 2.15. The molecule has 0 unspecified atom stereocenters. The lowest BCUT2D eigenvalue weighted by Gasteiger charge is -2.11. The van der Waals surface area contributed by atoms with Gasteiger partial charge in [0, 0.05) is 42.7 Å². The lowest BCUT2D eigenvalue weighted by Crippen LogP contribution is -2.21. The van der Waals surface area contributed by atoms with Crippen LogP contribution in [0.2, 0.25) is 0 Å². The second kappa shape index (κ2) is 3.59. The molecule has 1 aromatic carbocycles. The van der Waals surface area contributed by atoms with E-state index in [1.54, 1.807) is 12.1 Å². The SMILES string of the molecule is CN1CCc2cc3cc(F)ccc3n2CC1. The molecule has 0 amide bonds. The predicted octanol–water partition coefficient (Wildman–Crippen LogP) is 2.27. The van der Waals surface area contributed by atoms with Crippen LogP contribution in [0.5, 0.6) is 0 Å². The van der Waals surface area contributed by atoms with E-state index < -0.39 is 0 Å². The van der Waals surface area contributed by atoms with Gasteiger partial charge < -0.3 is 9.47 Å². The zero-order valence-corrected chi connectivity index (χ0v) is 9.41. The summed E-state index contributed by atoms with van der Waals surface area (Å²) in [6.45, 7) is 3.15. The van der Waals surface area contributed by atoms with E-state index in [9.17, 15) is 4.39 Å². The summed E-state index contributed by atoms with van der Waals surface area (Å²) in [5.74, 6) is -0.148. The number of rotatable bonds is 0. The molecule has 1 aromatic heterocycles. The maximum absolute atomic E-state index is 13.1. The van der Waals surface area contributed by atoms with Crippen molar-refractivity contribution in [3.05, 3.63) is 35.8 Å². The van der Waals surface area contributed by atoms with Crippen LogP contribution in [-0.4, -0.2) is 29.6 Å². The first-order valence-electron chi connectivity index (χ1n) is 5.70. The molecule has 2 nitrogen and oxygen atoms in total. The largest absolute Gasteiger partial charge is 0.343 e. The first-order chi connectivity index (χ1) is 7.74. The molecule has 0 bridgehead atoms. The first-order valence-corrected chi connectivity index (χ1v) is 5.70. The van der Waals surface area contributed by atoms with E-state index in [0.29, 0.717) is 0 Å². The Hall–Kier alpha value is -1.35. The van der Waals surface area contributed by atoms with Gasteiger partial charge in [-0.3, -0.25) is 0 Å². The fourth-order valence-electron chi connectivity index (χ4n) is 2.46. The fraction of sp³-hybridized carbons (Fsp3) is 0.385. The Labute approximate surface area is 94.3 Å². The van der Waals surface area contributed by atoms with E-state index in [0.717, 1.165) is 37.0 Å². The number of nitrogens with zero attached hydrogens (tertiary/aromatic N) is 2. The minimum absolute atomic E-state index is 0.148. The van der Waals surface area contributed by atoms with E-state index in [4.69, 9.17) is 0 Å². The molecule has 2 heterocycles. The van der Waals surface area contributed by atoms with Gasteiger partial charge in [0.15, 0.2) is 0 Å². The predicted molar refractivity (Wildman–Crippen MR) is 63.1 cm³/mol. The highest BCUT2D eigenvalue weighted by Gasteiger charge is 2.13. The molecule has 16 heavy (non-hydrogen) atoms. The highest BCUT2D eigenvalue weighted by Crippen LogP contribution is 2.22. The standard InChI is InChI=1S/C13H15FN2/c1-15-5-4-12-9-10-8-11(14)2-3-13(10)16(12)7-6-15/h2-3,8-9H,4-7H2,1H3. The summed E-state index contributed by atoms with van der Waals surface area (Å²) in [6.07, 6.45) is 1.05. The van der Waals surface area contributed by atoms with Gasteiger partial charge in [-0.1, -0.05) is 0 Å².